The minimum atomic E-state index is -1.88. The summed E-state index contributed by atoms with van der Waals surface area (Å²) < 4.78 is 11.5. The molecule has 0 aliphatic heterocycles. The van der Waals surface area contributed by atoms with E-state index in [1.807, 2.05) is 13.8 Å². The fourth-order valence-electron chi connectivity index (χ4n) is 1.47. The van der Waals surface area contributed by atoms with Gasteiger partial charge in [-0.1, -0.05) is 6.92 Å². The Morgan fingerprint density at radius 3 is 2.00 bits per heavy atom. The third-order valence-electron chi connectivity index (χ3n) is 1.93. The summed E-state index contributed by atoms with van der Waals surface area (Å²) in [6.07, 6.45) is 0. The van der Waals surface area contributed by atoms with Crippen molar-refractivity contribution in [1.82, 2.24) is 0 Å². The second-order valence-corrected chi connectivity index (χ2v) is 7.11. The topological polar surface area (TPSA) is 18.5 Å². The van der Waals surface area contributed by atoms with Crippen LogP contribution in [0.5, 0.6) is 0 Å². The normalized spacial score (nSPS) is 14.5. The smallest absolute Gasteiger partial charge is 0.335 e. The van der Waals surface area contributed by atoms with Crippen LogP contribution in [-0.4, -0.2) is 27.5 Å². The molecule has 0 N–H and O–H groups in total. The van der Waals surface area contributed by atoms with E-state index in [1.165, 1.54) is 0 Å². The molecule has 0 saturated carbocycles. The molecule has 0 aliphatic carbocycles. The lowest BCUT2D eigenvalue weighted by Gasteiger charge is -2.28. The van der Waals surface area contributed by atoms with Crippen molar-refractivity contribution in [2.75, 3.05) is 19.0 Å². The number of thiol groups is 1. The standard InChI is InChI=1S/C9H22O2SSi/c1-5-10-13(4,11-6-2)8-9(3)7-12/h9,12H,5-8H2,1-4H3. The molecule has 0 rings (SSSR count). The van der Waals surface area contributed by atoms with E-state index in [2.05, 4.69) is 26.1 Å². The molecule has 0 aromatic rings. The summed E-state index contributed by atoms with van der Waals surface area (Å²) in [5, 5.41) is 0. The highest BCUT2D eigenvalue weighted by molar-refractivity contribution is 7.80. The van der Waals surface area contributed by atoms with E-state index in [1.54, 1.807) is 0 Å². The Hall–Kier alpha value is 0.487. The summed E-state index contributed by atoms with van der Waals surface area (Å²) in [4.78, 5) is 0. The first kappa shape index (κ1) is 13.5. The van der Waals surface area contributed by atoms with Gasteiger partial charge in [0, 0.05) is 13.2 Å². The zero-order chi connectivity index (χ0) is 10.3. The molecule has 0 aromatic heterocycles. The summed E-state index contributed by atoms with van der Waals surface area (Å²) in [5.41, 5.74) is 0. The molecule has 0 aromatic carbocycles. The number of hydrogen-bond donors (Lipinski definition) is 1. The molecule has 13 heavy (non-hydrogen) atoms. The zero-order valence-electron chi connectivity index (χ0n) is 9.17. The Labute approximate surface area is 88.7 Å². The van der Waals surface area contributed by atoms with Gasteiger partial charge < -0.3 is 8.85 Å². The lowest BCUT2D eigenvalue weighted by atomic mass is 10.3. The minimum Gasteiger partial charge on any atom is -0.395 e. The van der Waals surface area contributed by atoms with Gasteiger partial charge in [0.25, 0.3) is 0 Å². The van der Waals surface area contributed by atoms with E-state index in [0.29, 0.717) is 5.92 Å². The molecule has 2 nitrogen and oxygen atoms in total. The minimum absolute atomic E-state index is 0.582. The first-order valence-electron chi connectivity index (χ1n) is 4.96. The van der Waals surface area contributed by atoms with Crippen molar-refractivity contribution in [3.8, 4) is 0 Å². The average molecular weight is 222 g/mol. The van der Waals surface area contributed by atoms with Gasteiger partial charge in [-0.2, -0.15) is 12.6 Å². The molecular weight excluding hydrogens is 200 g/mol. The van der Waals surface area contributed by atoms with Crippen molar-refractivity contribution in [1.29, 1.82) is 0 Å². The summed E-state index contributed by atoms with van der Waals surface area (Å²) in [5.74, 6) is 1.49. The van der Waals surface area contributed by atoms with Crippen LogP contribution in [0, 0.1) is 5.92 Å². The van der Waals surface area contributed by atoms with Crippen molar-refractivity contribution < 1.29 is 8.85 Å². The van der Waals surface area contributed by atoms with Crippen LogP contribution in [0.1, 0.15) is 20.8 Å². The van der Waals surface area contributed by atoms with Gasteiger partial charge in [0.2, 0.25) is 0 Å². The number of hydrogen-bond acceptors (Lipinski definition) is 3. The average Bonchev–Trinajstić information content (AvgIpc) is 2.04. The quantitative estimate of drug-likeness (QED) is 0.527. The summed E-state index contributed by atoms with van der Waals surface area (Å²) in [7, 11) is -1.88. The molecule has 0 fully saturated rings. The Balaban J connectivity index is 4.05. The van der Waals surface area contributed by atoms with E-state index >= 15 is 0 Å². The number of rotatable bonds is 7. The molecule has 0 saturated heterocycles. The van der Waals surface area contributed by atoms with Crippen LogP contribution in [0.25, 0.3) is 0 Å². The maximum absolute atomic E-state index is 5.73. The fourth-order valence-corrected chi connectivity index (χ4v) is 4.79. The summed E-state index contributed by atoms with van der Waals surface area (Å²) >= 11 is 4.27. The van der Waals surface area contributed by atoms with Gasteiger partial charge >= 0.3 is 8.56 Å². The van der Waals surface area contributed by atoms with Crippen LogP contribution in [0.4, 0.5) is 0 Å². The molecule has 0 spiro atoms. The highest BCUT2D eigenvalue weighted by Gasteiger charge is 2.32. The molecule has 80 valence electrons. The van der Waals surface area contributed by atoms with E-state index in [9.17, 15) is 0 Å². The molecule has 0 radical (unpaired) electrons. The van der Waals surface area contributed by atoms with Gasteiger partial charge in [-0.3, -0.25) is 0 Å². The summed E-state index contributed by atoms with van der Waals surface area (Å²) in [6, 6.07) is 1.04. The largest absolute Gasteiger partial charge is 0.395 e. The third-order valence-corrected chi connectivity index (χ3v) is 5.79. The Kier molecular flexibility index (Phi) is 7.13. The van der Waals surface area contributed by atoms with Crippen molar-refractivity contribution >= 4 is 21.2 Å². The van der Waals surface area contributed by atoms with Crippen molar-refractivity contribution in [3.63, 3.8) is 0 Å². The van der Waals surface area contributed by atoms with E-state index in [0.717, 1.165) is 25.0 Å². The molecule has 0 bridgehead atoms. The Bertz CT molecular complexity index is 127. The van der Waals surface area contributed by atoms with Crippen molar-refractivity contribution in [3.05, 3.63) is 0 Å². The Morgan fingerprint density at radius 2 is 1.69 bits per heavy atom. The fraction of sp³-hybridized carbons (Fsp3) is 1.00. The maximum Gasteiger partial charge on any atom is 0.335 e. The molecular formula is C9H22O2SSi. The van der Waals surface area contributed by atoms with Crippen LogP contribution in [0.3, 0.4) is 0 Å². The highest BCUT2D eigenvalue weighted by atomic mass is 32.1. The third kappa shape index (κ3) is 5.73. The molecule has 1 atom stereocenters. The van der Waals surface area contributed by atoms with Gasteiger partial charge in [0.1, 0.15) is 0 Å². The lowest BCUT2D eigenvalue weighted by Crippen LogP contribution is -2.40. The maximum atomic E-state index is 5.73. The first-order valence-corrected chi connectivity index (χ1v) is 8.12. The molecule has 4 heteroatoms. The molecule has 0 aliphatic rings. The van der Waals surface area contributed by atoms with Crippen LogP contribution in [-0.2, 0) is 8.85 Å². The molecule has 0 amide bonds. The van der Waals surface area contributed by atoms with E-state index in [-0.39, 0.29) is 0 Å². The van der Waals surface area contributed by atoms with E-state index < -0.39 is 8.56 Å². The predicted molar refractivity (Wildman–Crippen MR) is 62.7 cm³/mol. The van der Waals surface area contributed by atoms with Crippen LogP contribution < -0.4 is 0 Å². The molecule has 1 unspecified atom stereocenters. The van der Waals surface area contributed by atoms with Crippen molar-refractivity contribution in [2.24, 2.45) is 5.92 Å². The van der Waals surface area contributed by atoms with Gasteiger partial charge in [-0.05, 0) is 38.1 Å². The van der Waals surface area contributed by atoms with Crippen LogP contribution >= 0.6 is 12.6 Å². The van der Waals surface area contributed by atoms with Gasteiger partial charge in [0.15, 0.2) is 0 Å². The van der Waals surface area contributed by atoms with Gasteiger partial charge in [-0.15, -0.1) is 0 Å². The predicted octanol–water partition coefficient (Wildman–Crippen LogP) is 2.70. The Morgan fingerprint density at radius 1 is 1.23 bits per heavy atom. The van der Waals surface area contributed by atoms with Gasteiger partial charge in [-0.25, -0.2) is 0 Å². The second-order valence-electron chi connectivity index (χ2n) is 3.49. The van der Waals surface area contributed by atoms with E-state index in [4.69, 9.17) is 8.85 Å². The SMILES string of the molecule is CCO[Si](C)(CC(C)CS)OCC. The van der Waals surface area contributed by atoms with Crippen LogP contribution in [0.15, 0.2) is 0 Å². The monoisotopic (exact) mass is 222 g/mol. The zero-order valence-corrected chi connectivity index (χ0v) is 11.1. The van der Waals surface area contributed by atoms with Crippen LogP contribution in [0.2, 0.25) is 12.6 Å². The lowest BCUT2D eigenvalue weighted by molar-refractivity contribution is 0.185. The summed E-state index contributed by atoms with van der Waals surface area (Å²) in [6.45, 7) is 9.88. The molecule has 0 heterocycles. The highest BCUT2D eigenvalue weighted by Crippen LogP contribution is 2.20. The van der Waals surface area contributed by atoms with Gasteiger partial charge in [0.05, 0.1) is 0 Å². The van der Waals surface area contributed by atoms with Crippen molar-refractivity contribution in [2.45, 2.75) is 33.4 Å². The second kappa shape index (κ2) is 6.87. The first-order chi connectivity index (χ1) is 6.08.